The van der Waals surface area contributed by atoms with E-state index in [1.54, 1.807) is 0 Å². The first-order chi connectivity index (χ1) is 32.0. The second-order valence-corrected chi connectivity index (χ2v) is 18.3. The number of unbranched alkanes of at least 4 members (excludes halogenated alkanes) is 13. The van der Waals surface area contributed by atoms with Crippen LogP contribution in [0.25, 0.3) is 0 Å². The summed E-state index contributed by atoms with van der Waals surface area (Å²) < 4.78 is 34.3. The van der Waals surface area contributed by atoms with Crippen molar-refractivity contribution in [2.75, 3.05) is 19.8 Å². The van der Waals surface area contributed by atoms with Crippen molar-refractivity contribution in [3.63, 3.8) is 0 Å². The van der Waals surface area contributed by atoms with Crippen LogP contribution in [0.3, 0.4) is 0 Å². The van der Waals surface area contributed by atoms with Crippen LogP contribution in [0.2, 0.25) is 0 Å². The smallest absolute Gasteiger partial charge is 0.457 e. The summed E-state index contributed by atoms with van der Waals surface area (Å²) >= 11 is 0. The fourth-order valence-electron chi connectivity index (χ4n) is 7.04. The van der Waals surface area contributed by atoms with Gasteiger partial charge in [-0.05, 0) is 89.9 Å². The second-order valence-electron chi connectivity index (χ2n) is 16.9. The van der Waals surface area contributed by atoms with Crippen LogP contribution in [0.5, 0.6) is 0 Å². The van der Waals surface area contributed by atoms with E-state index in [9.17, 15) is 39.8 Å². The molecule has 1 aliphatic rings. The molecule has 0 radical (unpaired) electrons. The molecule has 378 valence electrons. The van der Waals surface area contributed by atoms with Gasteiger partial charge in [0.05, 0.1) is 13.2 Å². The Kier molecular flexibility index (Phi) is 39.3. The molecule has 0 bridgehead atoms. The Bertz CT molecular complexity index is 1450. The molecule has 0 amide bonds. The maximum absolute atomic E-state index is 12.9. The van der Waals surface area contributed by atoms with Gasteiger partial charge in [-0.2, -0.15) is 0 Å². The standard InChI is InChI=1S/C53H89O12P/c1-3-5-7-9-11-13-15-17-19-21-23-25-27-29-31-33-35-37-39-41-43-62-44-46(45-63-66(60,61)65-53-51(58)49(56)48(55)50(57)52(53)59)64-47(54)42-40-38-36-34-32-30-28-26-24-22-20-18-16-14-12-10-8-6-4-2/h5-8,11-14,17-20,23-26,46,48-53,55-59H,3-4,9-10,15-16,21-22,27-45H2,1-2H3,(H,60,61)/b7-5-,8-6-,13-11-,14-12-,19-17-,20-18-,25-23-,26-24-. The first kappa shape index (κ1) is 61.3. The highest BCUT2D eigenvalue weighted by molar-refractivity contribution is 7.47. The topological polar surface area (TPSA) is 192 Å². The van der Waals surface area contributed by atoms with Crippen molar-refractivity contribution < 1.29 is 58.3 Å². The SMILES string of the molecule is CC/C=C\C/C=C\C/C=C\C/C=C\CCCCCCCCCOCC(COP(=O)(O)OC1C(O)C(O)C(O)C(O)C1O)OC(=O)CCCCCCCC/C=C\C/C=C\C/C=C\C/C=C\CC. The summed E-state index contributed by atoms with van der Waals surface area (Å²) in [5, 5.41) is 50.3. The highest BCUT2D eigenvalue weighted by Crippen LogP contribution is 2.47. The first-order valence-corrected chi connectivity index (χ1v) is 26.6. The second kappa shape index (κ2) is 42.4. The lowest BCUT2D eigenvalue weighted by Gasteiger charge is -2.41. The Morgan fingerprint density at radius 2 is 0.848 bits per heavy atom. The number of aliphatic hydroxyl groups excluding tert-OH is 5. The number of rotatable bonds is 41. The van der Waals surface area contributed by atoms with Gasteiger partial charge >= 0.3 is 13.8 Å². The van der Waals surface area contributed by atoms with Crippen molar-refractivity contribution in [3.8, 4) is 0 Å². The molecule has 0 heterocycles. The lowest BCUT2D eigenvalue weighted by Crippen LogP contribution is -2.64. The molecule has 6 N–H and O–H groups in total. The highest BCUT2D eigenvalue weighted by Gasteiger charge is 2.51. The molecule has 1 saturated carbocycles. The van der Waals surface area contributed by atoms with Gasteiger partial charge in [0.25, 0.3) is 0 Å². The van der Waals surface area contributed by atoms with E-state index < -0.39 is 63.1 Å². The van der Waals surface area contributed by atoms with E-state index in [2.05, 4.69) is 111 Å². The highest BCUT2D eigenvalue weighted by atomic mass is 31.2. The minimum absolute atomic E-state index is 0.0966. The molecule has 0 aromatic heterocycles. The van der Waals surface area contributed by atoms with Crippen molar-refractivity contribution in [2.24, 2.45) is 0 Å². The van der Waals surface area contributed by atoms with Gasteiger partial charge in [-0.3, -0.25) is 13.8 Å². The third-order valence-corrected chi connectivity index (χ3v) is 11.9. The molecule has 0 spiro atoms. The van der Waals surface area contributed by atoms with Gasteiger partial charge in [0, 0.05) is 13.0 Å². The van der Waals surface area contributed by atoms with E-state index in [-0.39, 0.29) is 13.0 Å². The first-order valence-electron chi connectivity index (χ1n) is 25.1. The summed E-state index contributed by atoms with van der Waals surface area (Å²) in [7, 11) is -5.04. The summed E-state index contributed by atoms with van der Waals surface area (Å²) in [5.74, 6) is -0.499. The predicted octanol–water partition coefficient (Wildman–Crippen LogP) is 11.1. The number of hydrogen-bond acceptors (Lipinski definition) is 11. The molecule has 0 saturated heterocycles. The zero-order valence-corrected chi connectivity index (χ0v) is 41.3. The molecule has 12 nitrogen and oxygen atoms in total. The fourth-order valence-corrected chi connectivity index (χ4v) is 8.02. The molecule has 1 aliphatic carbocycles. The Balaban J connectivity index is 2.39. The van der Waals surface area contributed by atoms with Crippen LogP contribution < -0.4 is 0 Å². The Hall–Kier alpha value is -2.74. The lowest BCUT2D eigenvalue weighted by atomic mass is 9.85. The van der Waals surface area contributed by atoms with Crippen molar-refractivity contribution >= 4 is 13.8 Å². The molecular weight excluding hydrogens is 860 g/mol. The van der Waals surface area contributed by atoms with Crippen LogP contribution >= 0.6 is 7.82 Å². The van der Waals surface area contributed by atoms with Gasteiger partial charge in [-0.15, -0.1) is 0 Å². The van der Waals surface area contributed by atoms with Crippen LogP contribution in [-0.2, 0) is 27.9 Å². The number of ether oxygens (including phenoxy) is 2. The van der Waals surface area contributed by atoms with Crippen LogP contribution in [-0.4, -0.2) is 98.9 Å². The molecule has 1 rings (SSSR count). The zero-order valence-electron chi connectivity index (χ0n) is 40.5. The average Bonchev–Trinajstić information content (AvgIpc) is 3.30. The van der Waals surface area contributed by atoms with E-state index in [4.69, 9.17) is 18.5 Å². The molecular formula is C53H89O12P. The number of allylic oxidation sites excluding steroid dienone is 16. The van der Waals surface area contributed by atoms with Crippen LogP contribution in [0.15, 0.2) is 97.2 Å². The van der Waals surface area contributed by atoms with Crippen molar-refractivity contribution in [3.05, 3.63) is 97.2 Å². The van der Waals surface area contributed by atoms with Gasteiger partial charge in [0.15, 0.2) is 0 Å². The lowest BCUT2D eigenvalue weighted by molar-refractivity contribution is -0.220. The summed E-state index contributed by atoms with van der Waals surface area (Å²) in [6, 6.07) is 0. The van der Waals surface area contributed by atoms with Crippen LogP contribution in [0.1, 0.15) is 168 Å². The van der Waals surface area contributed by atoms with E-state index in [0.29, 0.717) is 13.0 Å². The maximum atomic E-state index is 12.9. The van der Waals surface area contributed by atoms with Gasteiger partial charge in [0.2, 0.25) is 0 Å². The number of esters is 1. The normalized spacial score (nSPS) is 22.2. The molecule has 0 aliphatic heterocycles. The zero-order chi connectivity index (χ0) is 48.4. The predicted molar refractivity (Wildman–Crippen MR) is 267 cm³/mol. The Morgan fingerprint density at radius 1 is 0.485 bits per heavy atom. The van der Waals surface area contributed by atoms with Gasteiger partial charge in [-0.1, -0.05) is 169 Å². The van der Waals surface area contributed by atoms with Crippen LogP contribution in [0.4, 0.5) is 0 Å². The maximum Gasteiger partial charge on any atom is 0.472 e. The van der Waals surface area contributed by atoms with Gasteiger partial charge in [-0.25, -0.2) is 4.57 Å². The third kappa shape index (κ3) is 33.7. The largest absolute Gasteiger partial charge is 0.472 e. The van der Waals surface area contributed by atoms with E-state index in [1.165, 1.54) is 19.3 Å². The molecule has 0 aromatic carbocycles. The minimum atomic E-state index is -5.04. The monoisotopic (exact) mass is 949 g/mol. The fraction of sp³-hybridized carbons (Fsp3) is 0.679. The Labute approximate surface area is 398 Å². The summed E-state index contributed by atoms with van der Waals surface area (Å²) in [6.07, 6.45) is 46.1. The summed E-state index contributed by atoms with van der Waals surface area (Å²) in [5.41, 5.74) is 0. The minimum Gasteiger partial charge on any atom is -0.457 e. The number of aliphatic hydroxyl groups is 5. The van der Waals surface area contributed by atoms with Crippen molar-refractivity contribution in [1.82, 2.24) is 0 Å². The summed E-state index contributed by atoms with van der Waals surface area (Å²) in [4.78, 5) is 23.2. The van der Waals surface area contributed by atoms with Gasteiger partial charge < -0.3 is 39.9 Å². The van der Waals surface area contributed by atoms with Gasteiger partial charge in [0.1, 0.15) is 42.7 Å². The molecule has 6 unspecified atom stereocenters. The quantitative estimate of drug-likeness (QED) is 0.0147. The molecule has 1 fully saturated rings. The number of carbonyl (C=O) groups excluding carboxylic acids is 1. The number of phosphoric ester groups is 1. The van der Waals surface area contributed by atoms with Crippen molar-refractivity contribution in [1.29, 1.82) is 0 Å². The molecule has 66 heavy (non-hydrogen) atoms. The molecule has 6 atom stereocenters. The number of hydrogen-bond donors (Lipinski definition) is 6. The van der Waals surface area contributed by atoms with Crippen molar-refractivity contribution in [2.45, 2.75) is 211 Å². The molecule has 0 aromatic rings. The third-order valence-electron chi connectivity index (χ3n) is 11.0. The van der Waals surface area contributed by atoms with E-state index in [0.717, 1.165) is 122 Å². The van der Waals surface area contributed by atoms with E-state index in [1.807, 2.05) is 0 Å². The van der Waals surface area contributed by atoms with E-state index >= 15 is 0 Å². The molecule has 13 heteroatoms. The number of carbonyl (C=O) groups is 1. The Morgan fingerprint density at radius 3 is 1.29 bits per heavy atom. The number of phosphoric acid groups is 1. The average molecular weight is 949 g/mol. The van der Waals surface area contributed by atoms with Crippen LogP contribution in [0, 0.1) is 0 Å². The summed E-state index contributed by atoms with van der Waals surface area (Å²) in [6.45, 7) is 3.99.